The summed E-state index contributed by atoms with van der Waals surface area (Å²) in [5.74, 6) is 0. The van der Waals surface area contributed by atoms with Gasteiger partial charge in [0.1, 0.15) is 0 Å². The lowest BCUT2D eigenvalue weighted by atomic mass is 10.1. The van der Waals surface area contributed by atoms with Gasteiger partial charge in [-0.25, -0.2) is 13.1 Å². The zero-order chi connectivity index (χ0) is 19.7. The summed E-state index contributed by atoms with van der Waals surface area (Å²) in [4.78, 5) is 0.247. The number of hydrogen-bond acceptors (Lipinski definition) is 5. The van der Waals surface area contributed by atoms with E-state index in [1.807, 2.05) is 13.8 Å². The van der Waals surface area contributed by atoms with E-state index in [9.17, 15) is 8.42 Å². The largest absolute Gasteiger partial charge is 0.376 e. The minimum atomic E-state index is -3.46. The Kier molecular flexibility index (Phi) is 8.62. The molecule has 0 aliphatic carbocycles. The quantitative estimate of drug-likeness (QED) is 0.249. The Morgan fingerprint density at radius 3 is 2.70 bits per heavy atom. The van der Waals surface area contributed by atoms with Crippen LogP contribution in [0, 0.1) is 0 Å². The first-order chi connectivity index (χ1) is 12.9. The van der Waals surface area contributed by atoms with Crippen LogP contribution in [0.15, 0.2) is 34.3 Å². The number of benzene rings is 1. The number of hydrogen-bond donors (Lipinski definition) is 3. The van der Waals surface area contributed by atoms with Crippen molar-refractivity contribution in [2.75, 3.05) is 19.7 Å². The van der Waals surface area contributed by atoms with Crippen molar-refractivity contribution in [2.45, 2.75) is 50.5 Å². The standard InChI is InChI=1S/C18H28N4O3S2/c1-3-4-11-20-27(23,24)17-9-7-15(8-10-17)14(2)21-22-18(26)19-13-16-6-5-12-25-16/h7-10,16,20H,3-6,11-13H2,1-2H3,(H2,19,22,26)/b21-14+. The molecule has 0 bridgehead atoms. The summed E-state index contributed by atoms with van der Waals surface area (Å²) < 4.78 is 32.5. The number of unbranched alkanes of at least 4 members (excludes halogenated alkanes) is 1. The molecule has 1 heterocycles. The fraction of sp³-hybridized carbons (Fsp3) is 0.556. The lowest BCUT2D eigenvalue weighted by Crippen LogP contribution is -2.37. The maximum Gasteiger partial charge on any atom is 0.240 e. The highest BCUT2D eigenvalue weighted by atomic mass is 32.2. The van der Waals surface area contributed by atoms with Gasteiger partial charge >= 0.3 is 0 Å². The fourth-order valence-electron chi connectivity index (χ4n) is 2.59. The van der Waals surface area contributed by atoms with Crippen molar-refractivity contribution in [3.05, 3.63) is 29.8 Å². The van der Waals surface area contributed by atoms with Crippen molar-refractivity contribution in [3.8, 4) is 0 Å². The highest BCUT2D eigenvalue weighted by Gasteiger charge is 2.15. The van der Waals surface area contributed by atoms with Crippen molar-refractivity contribution in [3.63, 3.8) is 0 Å². The van der Waals surface area contributed by atoms with Crippen molar-refractivity contribution in [1.29, 1.82) is 0 Å². The Hall–Kier alpha value is -1.55. The molecule has 150 valence electrons. The SMILES string of the molecule is CCCCNS(=O)(=O)c1ccc(/C(C)=N/NC(=S)NCC2CCCO2)cc1. The first-order valence-electron chi connectivity index (χ1n) is 9.22. The lowest BCUT2D eigenvalue weighted by molar-refractivity contribution is 0.114. The van der Waals surface area contributed by atoms with Crippen LogP contribution in [-0.2, 0) is 14.8 Å². The third-order valence-electron chi connectivity index (χ3n) is 4.24. The number of rotatable bonds is 9. The molecule has 2 rings (SSSR count). The van der Waals surface area contributed by atoms with E-state index in [4.69, 9.17) is 17.0 Å². The first-order valence-corrected chi connectivity index (χ1v) is 11.1. The van der Waals surface area contributed by atoms with E-state index < -0.39 is 10.0 Å². The molecule has 0 radical (unpaired) electrons. The van der Waals surface area contributed by atoms with Gasteiger partial charge in [0.05, 0.1) is 16.7 Å². The summed E-state index contributed by atoms with van der Waals surface area (Å²) in [5.41, 5.74) is 4.33. The van der Waals surface area contributed by atoms with Crippen LogP contribution in [0.3, 0.4) is 0 Å². The first kappa shape index (κ1) is 21.7. The molecule has 9 heteroatoms. The molecule has 1 aliphatic rings. The Morgan fingerprint density at radius 1 is 1.33 bits per heavy atom. The van der Waals surface area contributed by atoms with Crippen LogP contribution < -0.4 is 15.5 Å². The van der Waals surface area contributed by atoms with Crippen LogP contribution in [0.4, 0.5) is 0 Å². The summed E-state index contributed by atoms with van der Waals surface area (Å²) in [6.07, 6.45) is 4.09. The molecule has 1 saturated heterocycles. The van der Waals surface area contributed by atoms with Gasteiger partial charge in [0.15, 0.2) is 5.11 Å². The topological polar surface area (TPSA) is 91.8 Å². The number of nitrogens with one attached hydrogen (secondary N) is 3. The fourth-order valence-corrected chi connectivity index (χ4v) is 3.80. The molecule has 1 fully saturated rings. The molecule has 1 aromatic rings. The van der Waals surface area contributed by atoms with Crippen molar-refractivity contribution >= 4 is 33.1 Å². The average Bonchev–Trinajstić information content (AvgIpc) is 3.18. The summed E-state index contributed by atoms with van der Waals surface area (Å²) in [6, 6.07) is 6.63. The highest BCUT2D eigenvalue weighted by molar-refractivity contribution is 7.89. The molecule has 7 nitrogen and oxygen atoms in total. The monoisotopic (exact) mass is 412 g/mol. The third kappa shape index (κ3) is 7.17. The van der Waals surface area contributed by atoms with Gasteiger partial charge in [-0.15, -0.1) is 0 Å². The second-order valence-electron chi connectivity index (χ2n) is 6.43. The molecular weight excluding hydrogens is 384 g/mol. The van der Waals surface area contributed by atoms with E-state index in [0.717, 1.165) is 37.9 Å². The van der Waals surface area contributed by atoms with Crippen LogP contribution in [0.25, 0.3) is 0 Å². The van der Waals surface area contributed by atoms with Crippen LogP contribution >= 0.6 is 12.2 Å². The van der Waals surface area contributed by atoms with E-state index in [1.165, 1.54) is 0 Å². The predicted octanol–water partition coefficient (Wildman–Crippen LogP) is 2.13. The smallest absolute Gasteiger partial charge is 0.240 e. The summed E-state index contributed by atoms with van der Waals surface area (Å²) in [6.45, 7) is 5.77. The lowest BCUT2D eigenvalue weighted by Gasteiger charge is -2.12. The minimum absolute atomic E-state index is 0.204. The second-order valence-corrected chi connectivity index (χ2v) is 8.60. The second kappa shape index (κ2) is 10.7. The summed E-state index contributed by atoms with van der Waals surface area (Å²) in [5, 5.41) is 7.77. The Morgan fingerprint density at radius 2 is 2.07 bits per heavy atom. The number of nitrogens with zero attached hydrogens (tertiary/aromatic N) is 1. The number of hydrazone groups is 1. The summed E-state index contributed by atoms with van der Waals surface area (Å²) in [7, 11) is -3.46. The van der Waals surface area contributed by atoms with Gasteiger partial charge in [0.25, 0.3) is 0 Å². The molecule has 0 amide bonds. The van der Waals surface area contributed by atoms with Gasteiger partial charge in [-0.3, -0.25) is 5.43 Å². The molecule has 0 spiro atoms. The maximum absolute atomic E-state index is 12.2. The van der Waals surface area contributed by atoms with Gasteiger partial charge in [-0.05, 0) is 56.1 Å². The molecule has 1 atom stereocenters. The van der Waals surface area contributed by atoms with Crippen molar-refractivity contribution in [2.24, 2.45) is 5.10 Å². The van der Waals surface area contributed by atoms with E-state index in [2.05, 4.69) is 20.6 Å². The molecular formula is C18H28N4O3S2. The van der Waals surface area contributed by atoms with E-state index in [1.54, 1.807) is 24.3 Å². The van der Waals surface area contributed by atoms with Gasteiger partial charge in [0, 0.05) is 19.7 Å². The van der Waals surface area contributed by atoms with Gasteiger partial charge in [-0.1, -0.05) is 25.5 Å². The van der Waals surface area contributed by atoms with Crippen molar-refractivity contribution in [1.82, 2.24) is 15.5 Å². The molecule has 27 heavy (non-hydrogen) atoms. The zero-order valence-electron chi connectivity index (χ0n) is 15.8. The van der Waals surface area contributed by atoms with E-state index in [-0.39, 0.29) is 11.0 Å². The van der Waals surface area contributed by atoms with Crippen LogP contribution in [0.5, 0.6) is 0 Å². The van der Waals surface area contributed by atoms with Crippen LogP contribution in [-0.4, -0.2) is 45.0 Å². The molecule has 0 aromatic heterocycles. The van der Waals surface area contributed by atoms with Gasteiger partial charge in [-0.2, -0.15) is 5.10 Å². The molecule has 3 N–H and O–H groups in total. The number of sulfonamides is 1. The van der Waals surface area contributed by atoms with Gasteiger partial charge in [0.2, 0.25) is 10.0 Å². The third-order valence-corrected chi connectivity index (χ3v) is 5.96. The molecule has 1 aliphatic heterocycles. The minimum Gasteiger partial charge on any atom is -0.376 e. The maximum atomic E-state index is 12.2. The van der Waals surface area contributed by atoms with Crippen molar-refractivity contribution < 1.29 is 13.2 Å². The predicted molar refractivity (Wildman–Crippen MR) is 111 cm³/mol. The Labute approximate surface area is 167 Å². The van der Waals surface area contributed by atoms with Crippen LogP contribution in [0.2, 0.25) is 0 Å². The number of thiocarbonyl (C=S) groups is 1. The van der Waals surface area contributed by atoms with E-state index in [0.29, 0.717) is 23.9 Å². The van der Waals surface area contributed by atoms with E-state index >= 15 is 0 Å². The van der Waals surface area contributed by atoms with Gasteiger partial charge < -0.3 is 10.1 Å². The number of ether oxygens (including phenoxy) is 1. The molecule has 1 aromatic carbocycles. The van der Waals surface area contributed by atoms with Crippen LogP contribution in [0.1, 0.15) is 45.1 Å². The Bertz CT molecular complexity index is 742. The molecule has 1 unspecified atom stereocenters. The molecule has 0 saturated carbocycles. The zero-order valence-corrected chi connectivity index (χ0v) is 17.5. The average molecular weight is 413 g/mol. The Balaban J connectivity index is 1.87. The normalized spacial score (nSPS) is 17.7. The highest BCUT2D eigenvalue weighted by Crippen LogP contribution is 2.12. The summed E-state index contributed by atoms with van der Waals surface area (Å²) >= 11 is 5.20.